The first-order chi connectivity index (χ1) is 8.27. The molecule has 2 aromatic rings. The Labute approximate surface area is 99.5 Å². The first-order valence-corrected chi connectivity index (χ1v) is 5.96. The normalized spacial score (nSPS) is 25.2. The quantitative estimate of drug-likeness (QED) is 0.786. The van der Waals surface area contributed by atoms with Crippen LogP contribution in [0.5, 0.6) is 0 Å². The van der Waals surface area contributed by atoms with Crippen LogP contribution < -0.4 is 5.32 Å². The van der Waals surface area contributed by atoms with Crippen molar-refractivity contribution < 1.29 is 5.11 Å². The van der Waals surface area contributed by atoms with Crippen LogP contribution in [0.15, 0.2) is 24.8 Å². The minimum absolute atomic E-state index is 0.630. The summed E-state index contributed by atoms with van der Waals surface area (Å²) in [5.41, 5.74) is 1.22. The van der Waals surface area contributed by atoms with Crippen molar-refractivity contribution in [3.05, 3.63) is 30.5 Å². The molecule has 3 rings (SSSR count). The molecular formula is C12H16N4O. The number of rotatable bonds is 2. The smallest absolute Gasteiger partial charge is 0.155 e. The molecule has 5 heteroatoms. The first kappa shape index (κ1) is 10.7. The third-order valence-corrected chi connectivity index (χ3v) is 3.35. The molecule has 3 heterocycles. The molecule has 1 fully saturated rings. The van der Waals surface area contributed by atoms with Crippen molar-refractivity contribution in [2.45, 2.75) is 24.9 Å². The highest BCUT2D eigenvalue weighted by atomic mass is 16.3. The average Bonchev–Trinajstić information content (AvgIpc) is 2.73. The topological polar surface area (TPSA) is 62.5 Å². The molecule has 0 aliphatic carbocycles. The molecule has 90 valence electrons. The summed E-state index contributed by atoms with van der Waals surface area (Å²) in [5, 5.41) is 13.7. The molecule has 1 aliphatic rings. The van der Waals surface area contributed by atoms with Crippen molar-refractivity contribution in [1.82, 2.24) is 19.7 Å². The summed E-state index contributed by atoms with van der Waals surface area (Å²) in [6.07, 6.45) is 9.67. The Morgan fingerprint density at radius 1 is 1.47 bits per heavy atom. The van der Waals surface area contributed by atoms with Gasteiger partial charge in [-0.3, -0.25) is 4.98 Å². The summed E-state index contributed by atoms with van der Waals surface area (Å²) >= 11 is 0. The SMILES string of the molecule is OC1(Cc2cnc3cnccn23)CCCNC1. The maximum Gasteiger partial charge on any atom is 0.155 e. The van der Waals surface area contributed by atoms with Crippen LogP contribution in [-0.2, 0) is 6.42 Å². The first-order valence-electron chi connectivity index (χ1n) is 5.96. The van der Waals surface area contributed by atoms with E-state index >= 15 is 0 Å². The van der Waals surface area contributed by atoms with Gasteiger partial charge < -0.3 is 14.8 Å². The van der Waals surface area contributed by atoms with E-state index in [0.29, 0.717) is 13.0 Å². The van der Waals surface area contributed by atoms with Gasteiger partial charge in [-0.05, 0) is 19.4 Å². The zero-order chi connectivity index (χ0) is 11.7. The summed E-state index contributed by atoms with van der Waals surface area (Å²) in [6, 6.07) is 0. The van der Waals surface area contributed by atoms with Crippen LogP contribution in [0.2, 0.25) is 0 Å². The van der Waals surface area contributed by atoms with Crippen LogP contribution in [0, 0.1) is 0 Å². The fraction of sp³-hybridized carbons (Fsp3) is 0.500. The van der Waals surface area contributed by atoms with Gasteiger partial charge in [-0.25, -0.2) is 4.98 Å². The van der Waals surface area contributed by atoms with Gasteiger partial charge in [-0.2, -0.15) is 0 Å². The van der Waals surface area contributed by atoms with E-state index in [-0.39, 0.29) is 0 Å². The van der Waals surface area contributed by atoms with E-state index in [2.05, 4.69) is 15.3 Å². The third-order valence-electron chi connectivity index (χ3n) is 3.35. The lowest BCUT2D eigenvalue weighted by Crippen LogP contribution is -2.47. The second kappa shape index (κ2) is 4.09. The van der Waals surface area contributed by atoms with Gasteiger partial charge in [0.15, 0.2) is 5.65 Å². The minimum atomic E-state index is -0.641. The van der Waals surface area contributed by atoms with Gasteiger partial charge in [0.1, 0.15) is 0 Å². The zero-order valence-corrected chi connectivity index (χ0v) is 9.63. The number of hydrogen-bond acceptors (Lipinski definition) is 4. The molecular weight excluding hydrogens is 216 g/mol. The number of β-amino-alcohol motifs (C(OH)–C–C–N with tert-alkyl or cyclic N) is 1. The number of fused-ring (bicyclic) bond motifs is 1. The van der Waals surface area contributed by atoms with E-state index < -0.39 is 5.60 Å². The van der Waals surface area contributed by atoms with Crippen LogP contribution in [0.1, 0.15) is 18.5 Å². The van der Waals surface area contributed by atoms with Gasteiger partial charge in [-0.15, -0.1) is 0 Å². The lowest BCUT2D eigenvalue weighted by molar-refractivity contribution is 0.0159. The lowest BCUT2D eigenvalue weighted by Gasteiger charge is -2.32. The van der Waals surface area contributed by atoms with E-state index in [0.717, 1.165) is 30.7 Å². The molecule has 0 aromatic carbocycles. The molecule has 2 N–H and O–H groups in total. The Morgan fingerprint density at radius 3 is 3.24 bits per heavy atom. The number of aromatic nitrogens is 3. The number of imidazole rings is 1. The Bertz CT molecular complexity index is 516. The summed E-state index contributed by atoms with van der Waals surface area (Å²) in [4.78, 5) is 8.32. The molecule has 1 saturated heterocycles. The standard InChI is InChI=1S/C12H16N4O/c17-12(2-1-3-14-9-12)6-10-7-15-11-8-13-4-5-16(10)11/h4-5,7-8,14,17H,1-3,6,9H2. The Morgan fingerprint density at radius 2 is 2.41 bits per heavy atom. The van der Waals surface area contributed by atoms with Gasteiger partial charge in [0.05, 0.1) is 11.8 Å². The minimum Gasteiger partial charge on any atom is -0.388 e. The molecule has 1 aliphatic heterocycles. The second-order valence-corrected chi connectivity index (χ2v) is 4.74. The predicted molar refractivity (Wildman–Crippen MR) is 63.7 cm³/mol. The van der Waals surface area contributed by atoms with Crippen molar-refractivity contribution in [2.75, 3.05) is 13.1 Å². The average molecular weight is 232 g/mol. The number of piperidine rings is 1. The molecule has 1 atom stereocenters. The highest BCUT2D eigenvalue weighted by molar-refractivity contribution is 5.37. The largest absolute Gasteiger partial charge is 0.388 e. The summed E-state index contributed by atoms with van der Waals surface area (Å²) in [5.74, 6) is 0. The van der Waals surface area contributed by atoms with Crippen molar-refractivity contribution in [2.24, 2.45) is 0 Å². The summed E-state index contributed by atoms with van der Waals surface area (Å²) in [6.45, 7) is 1.66. The van der Waals surface area contributed by atoms with E-state index in [4.69, 9.17) is 0 Å². The third kappa shape index (κ3) is 2.03. The number of aliphatic hydroxyl groups is 1. The molecule has 0 bridgehead atoms. The Kier molecular flexibility index (Phi) is 2.57. The van der Waals surface area contributed by atoms with Crippen molar-refractivity contribution in [1.29, 1.82) is 0 Å². The highest BCUT2D eigenvalue weighted by Crippen LogP contribution is 2.21. The Balaban J connectivity index is 1.89. The number of nitrogens with zero attached hydrogens (tertiary/aromatic N) is 3. The van der Waals surface area contributed by atoms with Gasteiger partial charge in [-0.1, -0.05) is 0 Å². The van der Waals surface area contributed by atoms with Gasteiger partial charge in [0.25, 0.3) is 0 Å². The van der Waals surface area contributed by atoms with E-state index in [9.17, 15) is 5.11 Å². The Hall–Kier alpha value is -1.46. The van der Waals surface area contributed by atoms with Gasteiger partial charge in [0.2, 0.25) is 0 Å². The van der Waals surface area contributed by atoms with Crippen LogP contribution in [0.4, 0.5) is 0 Å². The van der Waals surface area contributed by atoms with Crippen LogP contribution >= 0.6 is 0 Å². The van der Waals surface area contributed by atoms with Crippen molar-refractivity contribution in [3.8, 4) is 0 Å². The summed E-state index contributed by atoms with van der Waals surface area (Å²) in [7, 11) is 0. The van der Waals surface area contributed by atoms with E-state index in [1.807, 2.05) is 16.8 Å². The number of nitrogens with one attached hydrogen (secondary N) is 1. The predicted octanol–water partition coefficient (Wildman–Crippen LogP) is 0.386. The van der Waals surface area contributed by atoms with Crippen molar-refractivity contribution >= 4 is 5.65 Å². The molecule has 1 unspecified atom stereocenters. The van der Waals surface area contributed by atoms with Gasteiger partial charge in [0, 0.05) is 37.3 Å². The van der Waals surface area contributed by atoms with Crippen LogP contribution in [0.25, 0.3) is 5.65 Å². The van der Waals surface area contributed by atoms with Crippen molar-refractivity contribution in [3.63, 3.8) is 0 Å². The monoisotopic (exact) mass is 232 g/mol. The number of hydrogen-bond donors (Lipinski definition) is 2. The molecule has 2 aromatic heterocycles. The fourth-order valence-electron chi connectivity index (χ4n) is 2.47. The lowest BCUT2D eigenvalue weighted by atomic mass is 9.89. The van der Waals surface area contributed by atoms with Crippen LogP contribution in [0.3, 0.4) is 0 Å². The van der Waals surface area contributed by atoms with E-state index in [1.54, 1.807) is 12.4 Å². The molecule has 0 amide bonds. The van der Waals surface area contributed by atoms with E-state index in [1.165, 1.54) is 0 Å². The molecule has 17 heavy (non-hydrogen) atoms. The second-order valence-electron chi connectivity index (χ2n) is 4.74. The van der Waals surface area contributed by atoms with Crippen LogP contribution in [-0.4, -0.2) is 38.2 Å². The molecule has 0 spiro atoms. The molecule has 5 nitrogen and oxygen atoms in total. The highest BCUT2D eigenvalue weighted by Gasteiger charge is 2.30. The van der Waals surface area contributed by atoms with Gasteiger partial charge >= 0.3 is 0 Å². The molecule has 0 radical (unpaired) electrons. The molecule has 0 saturated carbocycles. The maximum absolute atomic E-state index is 10.5. The maximum atomic E-state index is 10.5. The summed E-state index contributed by atoms with van der Waals surface area (Å²) < 4.78 is 1.99. The fourth-order valence-corrected chi connectivity index (χ4v) is 2.47. The zero-order valence-electron chi connectivity index (χ0n) is 9.63.